The summed E-state index contributed by atoms with van der Waals surface area (Å²) < 4.78 is 5.05. The van der Waals surface area contributed by atoms with Crippen molar-refractivity contribution in [3.05, 3.63) is 44.8 Å². The lowest BCUT2D eigenvalue weighted by molar-refractivity contribution is -0.386. The minimum atomic E-state index is -0.906. The topological polar surface area (TPSA) is 85.4 Å². The molecule has 1 aromatic carbocycles. The molecular formula is C15H16N2O4. The Labute approximate surface area is 120 Å². The number of benzene rings is 1. The van der Waals surface area contributed by atoms with Gasteiger partial charge >= 0.3 is 11.3 Å². The number of rotatable bonds is 3. The van der Waals surface area contributed by atoms with Crippen LogP contribution in [0.2, 0.25) is 0 Å². The molecule has 3 rings (SSSR count). The van der Waals surface area contributed by atoms with Gasteiger partial charge in [0, 0.05) is 11.4 Å². The van der Waals surface area contributed by atoms with E-state index in [9.17, 15) is 14.9 Å². The molecule has 110 valence electrons. The zero-order chi connectivity index (χ0) is 14.8. The van der Waals surface area contributed by atoms with Crippen molar-refractivity contribution in [2.24, 2.45) is 0 Å². The summed E-state index contributed by atoms with van der Waals surface area (Å²) >= 11 is 0. The fourth-order valence-electron chi connectivity index (χ4n) is 2.90. The van der Waals surface area contributed by atoms with Gasteiger partial charge in [0.25, 0.3) is 0 Å². The van der Waals surface area contributed by atoms with Gasteiger partial charge in [0.2, 0.25) is 0 Å². The summed E-state index contributed by atoms with van der Waals surface area (Å²) in [7, 11) is 0. The Morgan fingerprint density at radius 2 is 1.90 bits per heavy atom. The van der Waals surface area contributed by atoms with Crippen molar-refractivity contribution in [3.8, 4) is 0 Å². The summed E-state index contributed by atoms with van der Waals surface area (Å²) in [5.74, 6) is 0. The van der Waals surface area contributed by atoms with E-state index < -0.39 is 16.2 Å². The van der Waals surface area contributed by atoms with Crippen molar-refractivity contribution < 1.29 is 9.34 Å². The molecule has 21 heavy (non-hydrogen) atoms. The third-order valence-electron chi connectivity index (χ3n) is 3.93. The quantitative estimate of drug-likeness (QED) is 0.531. The second-order valence-corrected chi connectivity index (χ2v) is 5.35. The van der Waals surface area contributed by atoms with Gasteiger partial charge in [-0.25, -0.2) is 4.79 Å². The van der Waals surface area contributed by atoms with Crippen LogP contribution >= 0.6 is 0 Å². The van der Waals surface area contributed by atoms with E-state index in [1.165, 1.54) is 6.42 Å². The average Bonchev–Trinajstić information content (AvgIpc) is 2.47. The fraction of sp³-hybridized carbons (Fsp3) is 0.400. The lowest BCUT2D eigenvalue weighted by atomic mass is 9.95. The van der Waals surface area contributed by atoms with Crippen LogP contribution < -0.4 is 10.9 Å². The van der Waals surface area contributed by atoms with Crippen LogP contribution in [0.15, 0.2) is 33.5 Å². The number of nitrogens with zero attached hydrogens (tertiary/aromatic N) is 1. The molecule has 1 heterocycles. The van der Waals surface area contributed by atoms with E-state index in [1.54, 1.807) is 24.3 Å². The van der Waals surface area contributed by atoms with Gasteiger partial charge < -0.3 is 9.73 Å². The monoisotopic (exact) mass is 288 g/mol. The van der Waals surface area contributed by atoms with Crippen LogP contribution in [0.1, 0.15) is 32.1 Å². The molecule has 1 N–H and O–H groups in total. The fourth-order valence-corrected chi connectivity index (χ4v) is 2.90. The highest BCUT2D eigenvalue weighted by atomic mass is 16.6. The van der Waals surface area contributed by atoms with Crippen LogP contribution in [-0.4, -0.2) is 11.0 Å². The maximum Gasteiger partial charge on any atom is 0.417 e. The Morgan fingerprint density at radius 3 is 2.62 bits per heavy atom. The summed E-state index contributed by atoms with van der Waals surface area (Å²) in [5.41, 5.74) is -0.749. The minimum Gasteiger partial charge on any atom is -0.418 e. The van der Waals surface area contributed by atoms with Gasteiger partial charge in [-0.1, -0.05) is 31.4 Å². The summed E-state index contributed by atoms with van der Waals surface area (Å²) in [6.07, 6.45) is 5.32. The lowest BCUT2D eigenvalue weighted by Gasteiger charge is -2.24. The van der Waals surface area contributed by atoms with Gasteiger partial charge in [0.05, 0.1) is 4.92 Å². The average molecular weight is 288 g/mol. The molecule has 0 bridgehead atoms. The Balaban J connectivity index is 2.14. The lowest BCUT2D eigenvalue weighted by Crippen LogP contribution is -2.24. The number of nitrogens with one attached hydrogen (secondary N) is 1. The van der Waals surface area contributed by atoms with Gasteiger partial charge in [0.1, 0.15) is 11.3 Å². The Bertz CT molecular complexity index is 732. The molecule has 6 heteroatoms. The number of para-hydroxylation sites is 1. The SMILES string of the molecule is O=c1oc2ccccc2c(NC2CCCCC2)c1[N+](=O)[O-]. The van der Waals surface area contributed by atoms with E-state index >= 15 is 0 Å². The van der Waals surface area contributed by atoms with Crippen molar-refractivity contribution in [1.29, 1.82) is 0 Å². The van der Waals surface area contributed by atoms with Crippen LogP contribution in [0.25, 0.3) is 11.0 Å². The van der Waals surface area contributed by atoms with E-state index in [0.29, 0.717) is 16.7 Å². The van der Waals surface area contributed by atoms with Crippen LogP contribution in [-0.2, 0) is 0 Å². The first-order valence-corrected chi connectivity index (χ1v) is 7.13. The molecule has 2 aromatic rings. The molecular weight excluding hydrogens is 272 g/mol. The normalized spacial score (nSPS) is 16.0. The molecule has 0 aliphatic heterocycles. The molecule has 1 aromatic heterocycles. The van der Waals surface area contributed by atoms with Crippen molar-refractivity contribution >= 4 is 22.3 Å². The number of hydrogen-bond donors (Lipinski definition) is 1. The highest BCUT2D eigenvalue weighted by Gasteiger charge is 2.26. The van der Waals surface area contributed by atoms with E-state index in [1.807, 2.05) is 0 Å². The van der Waals surface area contributed by atoms with Gasteiger partial charge in [0.15, 0.2) is 0 Å². The third kappa shape index (κ3) is 2.61. The number of fused-ring (bicyclic) bond motifs is 1. The maximum absolute atomic E-state index is 11.9. The second-order valence-electron chi connectivity index (χ2n) is 5.35. The predicted molar refractivity (Wildman–Crippen MR) is 79.6 cm³/mol. The van der Waals surface area contributed by atoms with Gasteiger partial charge in [-0.05, 0) is 25.0 Å². The molecule has 0 spiro atoms. The highest BCUT2D eigenvalue weighted by Crippen LogP contribution is 2.32. The van der Waals surface area contributed by atoms with E-state index in [0.717, 1.165) is 25.7 Å². The predicted octanol–water partition coefficient (Wildman–Crippen LogP) is 3.45. The van der Waals surface area contributed by atoms with Crippen molar-refractivity contribution in [1.82, 2.24) is 0 Å². The van der Waals surface area contributed by atoms with E-state index in [2.05, 4.69) is 5.32 Å². The smallest absolute Gasteiger partial charge is 0.417 e. The Hall–Kier alpha value is -2.37. The number of nitro groups is 1. The Morgan fingerprint density at radius 1 is 1.19 bits per heavy atom. The highest BCUT2D eigenvalue weighted by molar-refractivity contribution is 5.94. The summed E-state index contributed by atoms with van der Waals surface area (Å²) in [6, 6.07) is 7.06. The largest absolute Gasteiger partial charge is 0.418 e. The van der Waals surface area contributed by atoms with Gasteiger partial charge in [-0.15, -0.1) is 0 Å². The van der Waals surface area contributed by atoms with Crippen LogP contribution in [0, 0.1) is 10.1 Å². The number of hydrogen-bond acceptors (Lipinski definition) is 5. The molecule has 0 saturated heterocycles. The van der Waals surface area contributed by atoms with Crippen molar-refractivity contribution in [2.45, 2.75) is 38.1 Å². The summed E-state index contributed by atoms with van der Waals surface area (Å²) in [6.45, 7) is 0. The van der Waals surface area contributed by atoms with Gasteiger partial charge in [-0.3, -0.25) is 10.1 Å². The number of anilines is 1. The van der Waals surface area contributed by atoms with Crippen LogP contribution in [0.5, 0.6) is 0 Å². The standard InChI is InChI=1S/C15H16N2O4/c18-15-14(17(19)20)13(16-10-6-2-1-3-7-10)11-8-4-5-9-12(11)21-15/h4-5,8-10,16H,1-3,6-7H2. The van der Waals surface area contributed by atoms with Gasteiger partial charge in [-0.2, -0.15) is 0 Å². The summed E-state index contributed by atoms with van der Waals surface area (Å²) in [4.78, 5) is 22.5. The molecule has 1 aliphatic rings. The van der Waals surface area contributed by atoms with Crippen LogP contribution in [0.4, 0.5) is 11.4 Å². The van der Waals surface area contributed by atoms with Crippen molar-refractivity contribution in [2.75, 3.05) is 5.32 Å². The molecule has 1 saturated carbocycles. The molecule has 0 unspecified atom stereocenters. The Kier molecular flexibility index (Phi) is 3.60. The van der Waals surface area contributed by atoms with Crippen molar-refractivity contribution in [3.63, 3.8) is 0 Å². The van der Waals surface area contributed by atoms with E-state index in [-0.39, 0.29) is 6.04 Å². The molecule has 0 radical (unpaired) electrons. The molecule has 1 fully saturated rings. The first-order chi connectivity index (χ1) is 10.2. The maximum atomic E-state index is 11.9. The minimum absolute atomic E-state index is 0.169. The third-order valence-corrected chi connectivity index (χ3v) is 3.93. The zero-order valence-electron chi connectivity index (χ0n) is 11.5. The molecule has 6 nitrogen and oxygen atoms in total. The zero-order valence-corrected chi connectivity index (χ0v) is 11.5. The molecule has 1 aliphatic carbocycles. The summed E-state index contributed by atoms with van der Waals surface area (Å²) in [5, 5.41) is 15.0. The molecule has 0 atom stereocenters. The molecule has 0 amide bonds. The van der Waals surface area contributed by atoms with E-state index in [4.69, 9.17) is 4.42 Å². The first kappa shape index (κ1) is 13.6. The second kappa shape index (κ2) is 5.55. The van der Waals surface area contributed by atoms with Crippen LogP contribution in [0.3, 0.4) is 0 Å². The first-order valence-electron chi connectivity index (χ1n) is 7.13.